The number of carbonyl (C=O) groups is 2. The molecule has 4 rings (SSSR count). The van der Waals surface area contributed by atoms with E-state index in [9.17, 15) is 14.0 Å². The minimum atomic E-state index is -0.312. The van der Waals surface area contributed by atoms with Crippen molar-refractivity contribution in [3.63, 3.8) is 0 Å². The Morgan fingerprint density at radius 1 is 1.00 bits per heavy atom. The highest BCUT2D eigenvalue weighted by molar-refractivity contribution is 7.09. The van der Waals surface area contributed by atoms with E-state index in [0.717, 1.165) is 23.3 Å². The molecule has 2 aromatic carbocycles. The van der Waals surface area contributed by atoms with Crippen molar-refractivity contribution in [3.05, 3.63) is 92.9 Å². The molecular formula is C24H22ClFN2O2S. The Morgan fingerprint density at radius 3 is 2.32 bits per heavy atom. The first-order valence-electron chi connectivity index (χ1n) is 10.1. The highest BCUT2D eigenvalue weighted by Crippen LogP contribution is 2.29. The van der Waals surface area contributed by atoms with Crippen molar-refractivity contribution in [3.8, 4) is 0 Å². The van der Waals surface area contributed by atoms with E-state index in [0.29, 0.717) is 23.7 Å². The predicted octanol–water partition coefficient (Wildman–Crippen LogP) is 5.37. The molecule has 0 atom stereocenters. The number of halogens is 2. The number of carbonyl (C=O) groups excluding carboxylic acids is 2. The van der Waals surface area contributed by atoms with Gasteiger partial charge in [-0.1, -0.05) is 29.8 Å². The molecule has 0 aliphatic heterocycles. The van der Waals surface area contributed by atoms with Crippen LogP contribution in [0, 0.1) is 5.82 Å². The van der Waals surface area contributed by atoms with Gasteiger partial charge >= 0.3 is 0 Å². The molecule has 1 aliphatic carbocycles. The van der Waals surface area contributed by atoms with E-state index in [1.165, 1.54) is 12.1 Å². The minimum absolute atomic E-state index is 0.0126. The second kappa shape index (κ2) is 9.62. The third-order valence-corrected chi connectivity index (χ3v) is 6.32. The number of nitrogens with zero attached hydrogens (tertiary/aromatic N) is 2. The van der Waals surface area contributed by atoms with Gasteiger partial charge in [-0.25, -0.2) is 4.39 Å². The van der Waals surface area contributed by atoms with Crippen molar-refractivity contribution in [1.82, 2.24) is 9.80 Å². The van der Waals surface area contributed by atoms with Crippen molar-refractivity contribution in [2.45, 2.75) is 32.0 Å². The number of amides is 2. The van der Waals surface area contributed by atoms with Gasteiger partial charge in [-0.05, 0) is 66.2 Å². The second-order valence-electron chi connectivity index (χ2n) is 7.63. The second-order valence-corrected chi connectivity index (χ2v) is 9.10. The summed E-state index contributed by atoms with van der Waals surface area (Å²) in [7, 11) is 0. The summed E-state index contributed by atoms with van der Waals surface area (Å²) < 4.78 is 13.3. The molecule has 0 saturated heterocycles. The quantitative estimate of drug-likeness (QED) is 0.457. The van der Waals surface area contributed by atoms with Crippen molar-refractivity contribution in [2.75, 3.05) is 6.54 Å². The van der Waals surface area contributed by atoms with E-state index in [2.05, 4.69) is 0 Å². The first kappa shape index (κ1) is 21.5. The van der Waals surface area contributed by atoms with Gasteiger partial charge in [0.25, 0.3) is 5.91 Å². The van der Waals surface area contributed by atoms with E-state index in [-0.39, 0.29) is 30.2 Å². The fourth-order valence-electron chi connectivity index (χ4n) is 3.39. The lowest BCUT2D eigenvalue weighted by molar-refractivity contribution is -0.133. The summed E-state index contributed by atoms with van der Waals surface area (Å²) in [5.41, 5.74) is 1.36. The summed E-state index contributed by atoms with van der Waals surface area (Å²) in [6, 6.07) is 16.9. The van der Waals surface area contributed by atoms with Gasteiger partial charge in [-0.2, -0.15) is 0 Å². The molecule has 0 unspecified atom stereocenters. The van der Waals surface area contributed by atoms with Gasteiger partial charge < -0.3 is 9.80 Å². The van der Waals surface area contributed by atoms with Crippen LogP contribution >= 0.6 is 22.9 Å². The van der Waals surface area contributed by atoms with Crippen molar-refractivity contribution >= 4 is 34.8 Å². The SMILES string of the molecule is O=C(CN(C(=O)c1ccc(Cl)cc1)C1CC1)N(Cc1ccc(F)cc1)Cc1cccs1. The summed E-state index contributed by atoms with van der Waals surface area (Å²) >= 11 is 7.52. The summed E-state index contributed by atoms with van der Waals surface area (Å²) in [6.45, 7) is 0.810. The standard InChI is InChI=1S/C24H22ClFN2O2S/c25-19-7-5-18(6-8-19)24(30)28(21-11-12-21)16-23(29)27(15-22-2-1-13-31-22)14-17-3-9-20(26)10-4-17/h1-10,13,21H,11-12,14-16H2. The Bertz CT molecular complexity index is 1030. The van der Waals surface area contributed by atoms with Crippen LogP contribution in [0.2, 0.25) is 5.02 Å². The third kappa shape index (κ3) is 5.71. The van der Waals surface area contributed by atoms with Gasteiger partial charge in [0.15, 0.2) is 0 Å². The molecule has 0 bridgehead atoms. The Labute approximate surface area is 189 Å². The van der Waals surface area contributed by atoms with Gasteiger partial charge in [0.2, 0.25) is 5.91 Å². The maximum absolute atomic E-state index is 13.3. The molecule has 0 spiro atoms. The molecule has 0 radical (unpaired) electrons. The smallest absolute Gasteiger partial charge is 0.254 e. The lowest BCUT2D eigenvalue weighted by atomic mass is 10.2. The molecule has 1 aromatic heterocycles. The monoisotopic (exact) mass is 456 g/mol. The minimum Gasteiger partial charge on any atom is -0.332 e. The topological polar surface area (TPSA) is 40.6 Å². The van der Waals surface area contributed by atoms with Crippen LogP contribution in [-0.4, -0.2) is 34.2 Å². The zero-order valence-corrected chi connectivity index (χ0v) is 18.4. The average Bonchev–Trinajstić information content (AvgIpc) is 3.48. The van der Waals surface area contributed by atoms with E-state index >= 15 is 0 Å². The molecule has 31 heavy (non-hydrogen) atoms. The van der Waals surface area contributed by atoms with Gasteiger partial charge in [-0.3, -0.25) is 9.59 Å². The Hall–Kier alpha value is -2.70. The summed E-state index contributed by atoms with van der Waals surface area (Å²) in [5, 5.41) is 2.53. The molecule has 7 heteroatoms. The first-order chi connectivity index (χ1) is 15.0. The zero-order valence-electron chi connectivity index (χ0n) is 16.8. The lowest BCUT2D eigenvalue weighted by Crippen LogP contribution is -2.43. The van der Waals surface area contributed by atoms with Crippen LogP contribution in [-0.2, 0) is 17.9 Å². The van der Waals surface area contributed by atoms with Crippen molar-refractivity contribution < 1.29 is 14.0 Å². The maximum atomic E-state index is 13.3. The highest BCUT2D eigenvalue weighted by Gasteiger charge is 2.35. The molecule has 1 heterocycles. The van der Waals surface area contributed by atoms with E-state index in [1.54, 1.807) is 57.5 Å². The van der Waals surface area contributed by atoms with Gasteiger partial charge in [0.05, 0.1) is 6.54 Å². The van der Waals surface area contributed by atoms with E-state index < -0.39 is 0 Å². The van der Waals surface area contributed by atoms with Gasteiger partial charge in [0.1, 0.15) is 12.4 Å². The van der Waals surface area contributed by atoms with Crippen LogP contribution < -0.4 is 0 Å². The van der Waals surface area contributed by atoms with Crippen molar-refractivity contribution in [1.29, 1.82) is 0 Å². The number of thiophene rings is 1. The maximum Gasteiger partial charge on any atom is 0.254 e. The Balaban J connectivity index is 1.52. The summed E-state index contributed by atoms with van der Waals surface area (Å²) in [6.07, 6.45) is 1.80. The molecule has 0 N–H and O–H groups in total. The van der Waals surface area contributed by atoms with Crippen molar-refractivity contribution in [2.24, 2.45) is 0 Å². The van der Waals surface area contributed by atoms with E-state index in [1.807, 2.05) is 17.5 Å². The molecule has 4 nitrogen and oxygen atoms in total. The molecule has 1 fully saturated rings. The van der Waals surface area contributed by atoms with Crippen LogP contribution in [0.1, 0.15) is 33.6 Å². The fraction of sp³-hybridized carbons (Fsp3) is 0.250. The van der Waals surface area contributed by atoms with E-state index in [4.69, 9.17) is 11.6 Å². The Kier molecular flexibility index (Phi) is 6.68. The van der Waals surface area contributed by atoms with Gasteiger partial charge in [-0.15, -0.1) is 11.3 Å². The number of hydrogen-bond donors (Lipinski definition) is 0. The van der Waals surface area contributed by atoms with Crippen LogP contribution in [0.25, 0.3) is 0 Å². The number of hydrogen-bond acceptors (Lipinski definition) is 3. The predicted molar refractivity (Wildman–Crippen MR) is 120 cm³/mol. The lowest BCUT2D eigenvalue weighted by Gasteiger charge is -2.28. The molecule has 2 amide bonds. The van der Waals surface area contributed by atoms with Crippen LogP contribution in [0.3, 0.4) is 0 Å². The highest BCUT2D eigenvalue weighted by atomic mass is 35.5. The van der Waals surface area contributed by atoms with Gasteiger partial charge in [0, 0.05) is 28.0 Å². The number of rotatable bonds is 8. The Morgan fingerprint density at radius 2 is 1.71 bits per heavy atom. The third-order valence-electron chi connectivity index (χ3n) is 5.21. The first-order valence-corrected chi connectivity index (χ1v) is 11.4. The van der Waals surface area contributed by atoms with Crippen LogP contribution in [0.15, 0.2) is 66.0 Å². The molecule has 160 valence electrons. The normalized spacial score (nSPS) is 13.1. The average molecular weight is 457 g/mol. The molecule has 1 aliphatic rings. The van der Waals surface area contributed by atoms with Crippen LogP contribution in [0.5, 0.6) is 0 Å². The molecule has 3 aromatic rings. The van der Waals surface area contributed by atoms with Crippen LogP contribution in [0.4, 0.5) is 4.39 Å². The summed E-state index contributed by atoms with van der Waals surface area (Å²) in [4.78, 5) is 30.8. The summed E-state index contributed by atoms with van der Waals surface area (Å²) in [5.74, 6) is -0.606. The molecule has 1 saturated carbocycles. The zero-order chi connectivity index (χ0) is 21.8. The fourth-order valence-corrected chi connectivity index (χ4v) is 4.24. The largest absolute Gasteiger partial charge is 0.332 e. The molecular weight excluding hydrogens is 435 g/mol. The number of benzene rings is 2.